The summed E-state index contributed by atoms with van der Waals surface area (Å²) >= 11 is 0. The van der Waals surface area contributed by atoms with E-state index in [1.54, 1.807) is 0 Å². The summed E-state index contributed by atoms with van der Waals surface area (Å²) in [5.74, 6) is -0.165. The lowest BCUT2D eigenvalue weighted by Gasteiger charge is -2.43. The Balaban J connectivity index is 1.26. The van der Waals surface area contributed by atoms with Gasteiger partial charge in [0.25, 0.3) is 0 Å². The molecule has 0 spiro atoms. The predicted molar refractivity (Wildman–Crippen MR) is 130 cm³/mol. The van der Waals surface area contributed by atoms with Crippen molar-refractivity contribution in [2.24, 2.45) is 5.41 Å². The third-order valence-electron chi connectivity index (χ3n) is 7.27. The number of rotatable bonds is 5. The maximum absolute atomic E-state index is 6.52. The van der Waals surface area contributed by atoms with E-state index in [2.05, 4.69) is 57.8 Å². The number of anilines is 1. The fraction of sp³-hybridized carbons (Fsp3) is 0.423. The third kappa shape index (κ3) is 3.40. The van der Waals surface area contributed by atoms with Crippen LogP contribution >= 0.6 is 0 Å². The van der Waals surface area contributed by atoms with Gasteiger partial charge in [-0.05, 0) is 57.4 Å². The summed E-state index contributed by atoms with van der Waals surface area (Å²) in [6, 6.07) is 6.30. The summed E-state index contributed by atoms with van der Waals surface area (Å²) < 4.78 is 17.2. The molecular formula is C26H30N6O2. The second-order valence-corrected chi connectivity index (χ2v) is 10.4. The second kappa shape index (κ2) is 7.38. The van der Waals surface area contributed by atoms with Crippen molar-refractivity contribution >= 4 is 22.5 Å². The molecule has 1 aliphatic heterocycles. The molecule has 0 radical (unpaired) electrons. The van der Waals surface area contributed by atoms with Crippen molar-refractivity contribution in [2.45, 2.75) is 64.6 Å². The number of nitrogens with two attached hydrogens (primary N) is 1. The lowest BCUT2D eigenvalue weighted by molar-refractivity contribution is -0.156. The number of nitrogens with zero attached hydrogens (tertiary/aromatic N) is 5. The molecule has 0 saturated carbocycles. The van der Waals surface area contributed by atoms with Gasteiger partial charge in [-0.3, -0.25) is 0 Å². The SMILES string of the molecule is C[C@H]([C@@H]1OC(C)(C)O[C@@H]1[C@]1(C)C=C(Cc2ccn3ccnc3c2)C1)n1ccc2c(N)ncnc21. The highest BCUT2D eigenvalue weighted by molar-refractivity contribution is 5.86. The molecule has 34 heavy (non-hydrogen) atoms. The maximum Gasteiger partial charge on any atom is 0.163 e. The minimum absolute atomic E-state index is 0.00990. The van der Waals surface area contributed by atoms with E-state index in [-0.39, 0.29) is 23.7 Å². The molecule has 1 aliphatic carbocycles. The van der Waals surface area contributed by atoms with E-state index < -0.39 is 5.79 Å². The van der Waals surface area contributed by atoms with Gasteiger partial charge in [0.05, 0.1) is 17.5 Å². The highest BCUT2D eigenvalue weighted by Crippen LogP contribution is 2.51. The molecule has 4 atom stereocenters. The number of ether oxygens (including phenoxy) is 2. The van der Waals surface area contributed by atoms with E-state index in [4.69, 9.17) is 15.2 Å². The van der Waals surface area contributed by atoms with Gasteiger partial charge in [0.2, 0.25) is 0 Å². The average molecular weight is 459 g/mol. The third-order valence-corrected chi connectivity index (χ3v) is 7.27. The Morgan fingerprint density at radius 2 is 1.94 bits per heavy atom. The molecule has 176 valence electrons. The quantitative estimate of drug-likeness (QED) is 0.448. The van der Waals surface area contributed by atoms with Crippen LogP contribution in [0.1, 0.15) is 45.7 Å². The molecule has 0 aromatic carbocycles. The number of allylic oxidation sites excluding steroid dienone is 1. The monoisotopic (exact) mass is 458 g/mol. The molecular weight excluding hydrogens is 428 g/mol. The summed E-state index contributed by atoms with van der Waals surface area (Å²) in [7, 11) is 0. The number of fused-ring (bicyclic) bond motifs is 2. The Hall–Kier alpha value is -3.23. The summed E-state index contributed by atoms with van der Waals surface area (Å²) in [6.07, 6.45) is 13.5. The van der Waals surface area contributed by atoms with E-state index in [9.17, 15) is 0 Å². The van der Waals surface area contributed by atoms with Crippen LogP contribution in [0.15, 0.2) is 61.0 Å². The molecule has 0 amide bonds. The average Bonchev–Trinajstić information content (AvgIpc) is 3.48. The zero-order chi connectivity index (χ0) is 23.7. The summed E-state index contributed by atoms with van der Waals surface area (Å²) in [6.45, 7) is 8.42. The largest absolute Gasteiger partial charge is 0.383 e. The van der Waals surface area contributed by atoms with Crippen LogP contribution < -0.4 is 5.73 Å². The van der Waals surface area contributed by atoms with Crippen molar-refractivity contribution in [3.05, 3.63) is 66.5 Å². The van der Waals surface area contributed by atoms with Crippen molar-refractivity contribution in [3.8, 4) is 0 Å². The molecule has 4 aromatic heterocycles. The minimum Gasteiger partial charge on any atom is -0.383 e. The van der Waals surface area contributed by atoms with Crippen LogP contribution in [-0.4, -0.2) is 41.9 Å². The van der Waals surface area contributed by atoms with Crippen LogP contribution in [-0.2, 0) is 15.9 Å². The lowest BCUT2D eigenvalue weighted by Crippen LogP contribution is -2.45. The number of aromatic nitrogens is 5. The Kier molecular flexibility index (Phi) is 4.63. The molecule has 1 saturated heterocycles. The number of hydrogen-bond donors (Lipinski definition) is 1. The van der Waals surface area contributed by atoms with E-state index in [0.29, 0.717) is 5.82 Å². The van der Waals surface area contributed by atoms with Gasteiger partial charge in [-0.25, -0.2) is 15.0 Å². The van der Waals surface area contributed by atoms with Crippen LogP contribution in [0.2, 0.25) is 0 Å². The van der Waals surface area contributed by atoms with Crippen LogP contribution in [0.25, 0.3) is 16.7 Å². The molecule has 2 N–H and O–H groups in total. The van der Waals surface area contributed by atoms with Crippen LogP contribution in [0.3, 0.4) is 0 Å². The summed E-state index contributed by atoms with van der Waals surface area (Å²) in [4.78, 5) is 13.0. The Morgan fingerprint density at radius 1 is 1.12 bits per heavy atom. The number of imidazole rings is 1. The molecule has 5 heterocycles. The topological polar surface area (TPSA) is 92.5 Å². The number of hydrogen-bond acceptors (Lipinski definition) is 6. The number of nitrogen functional groups attached to an aromatic ring is 1. The van der Waals surface area contributed by atoms with Crippen molar-refractivity contribution < 1.29 is 9.47 Å². The Labute approximate surface area is 198 Å². The van der Waals surface area contributed by atoms with Crippen LogP contribution in [0, 0.1) is 5.41 Å². The van der Waals surface area contributed by atoms with Gasteiger partial charge in [0.1, 0.15) is 29.5 Å². The smallest absolute Gasteiger partial charge is 0.163 e. The van der Waals surface area contributed by atoms with E-state index in [1.165, 1.54) is 17.5 Å². The zero-order valence-corrected chi connectivity index (χ0v) is 20.0. The fourth-order valence-electron chi connectivity index (χ4n) is 5.68. The Bertz CT molecular complexity index is 1420. The first-order valence-electron chi connectivity index (χ1n) is 11.8. The summed E-state index contributed by atoms with van der Waals surface area (Å²) in [5, 5.41) is 0.857. The highest BCUT2D eigenvalue weighted by Gasteiger charge is 2.54. The van der Waals surface area contributed by atoms with E-state index in [1.807, 2.05) is 42.9 Å². The molecule has 8 heteroatoms. The predicted octanol–water partition coefficient (Wildman–Crippen LogP) is 4.32. The molecule has 1 fully saturated rings. The minimum atomic E-state index is -0.654. The first-order chi connectivity index (χ1) is 16.2. The first kappa shape index (κ1) is 21.3. The maximum atomic E-state index is 6.52. The molecule has 4 aromatic rings. The van der Waals surface area contributed by atoms with Crippen LogP contribution in [0.5, 0.6) is 0 Å². The molecule has 8 nitrogen and oxygen atoms in total. The molecule has 6 rings (SSSR count). The van der Waals surface area contributed by atoms with Gasteiger partial charge in [0.15, 0.2) is 5.79 Å². The van der Waals surface area contributed by atoms with Crippen molar-refractivity contribution in [1.29, 1.82) is 0 Å². The van der Waals surface area contributed by atoms with E-state index in [0.717, 1.165) is 29.5 Å². The van der Waals surface area contributed by atoms with Gasteiger partial charge >= 0.3 is 0 Å². The van der Waals surface area contributed by atoms with Crippen molar-refractivity contribution in [2.75, 3.05) is 5.73 Å². The van der Waals surface area contributed by atoms with Gasteiger partial charge in [-0.1, -0.05) is 18.6 Å². The second-order valence-electron chi connectivity index (χ2n) is 10.4. The molecule has 0 bridgehead atoms. The van der Waals surface area contributed by atoms with Crippen molar-refractivity contribution in [3.63, 3.8) is 0 Å². The van der Waals surface area contributed by atoms with Gasteiger partial charge in [-0.15, -0.1) is 0 Å². The van der Waals surface area contributed by atoms with Crippen LogP contribution in [0.4, 0.5) is 5.82 Å². The molecule has 0 unspecified atom stereocenters. The highest BCUT2D eigenvalue weighted by atomic mass is 16.8. The van der Waals surface area contributed by atoms with Gasteiger partial charge in [0, 0.05) is 30.2 Å². The van der Waals surface area contributed by atoms with Gasteiger partial charge < -0.3 is 24.2 Å². The van der Waals surface area contributed by atoms with Gasteiger partial charge in [-0.2, -0.15) is 0 Å². The Morgan fingerprint density at radius 3 is 2.76 bits per heavy atom. The zero-order valence-electron chi connectivity index (χ0n) is 20.0. The molecule has 2 aliphatic rings. The number of pyridine rings is 1. The fourth-order valence-corrected chi connectivity index (χ4v) is 5.68. The standard InChI is InChI=1S/C26H30N6O2/c1-16(32-9-6-19-23(27)29-15-30-24(19)32)21-22(34-25(2,3)33-21)26(4)13-18(14-26)11-17-5-8-31-10-7-28-20(31)12-17/h5-10,12-13,15-16,21-22H,11,14H2,1-4H3,(H2,27,29,30)/t16-,21+,22+,26-/m1/s1. The first-order valence-corrected chi connectivity index (χ1v) is 11.8. The van der Waals surface area contributed by atoms with E-state index >= 15 is 0 Å². The van der Waals surface area contributed by atoms with Crippen molar-refractivity contribution in [1.82, 2.24) is 23.9 Å². The normalized spacial score (nSPS) is 27.1. The summed E-state index contributed by atoms with van der Waals surface area (Å²) in [5.41, 5.74) is 10.5. The lowest BCUT2D eigenvalue weighted by atomic mass is 9.65.